The summed E-state index contributed by atoms with van der Waals surface area (Å²) in [5.41, 5.74) is 7.83. The van der Waals surface area contributed by atoms with Crippen molar-refractivity contribution in [2.45, 2.75) is 6.92 Å². The largest absolute Gasteiger partial charge is 0.384 e. The second-order valence-corrected chi connectivity index (χ2v) is 4.74. The standard InChI is InChI=1S/C13H12BrN3O/c1-8-6-10(2-3-11(8)14)17-13(18)9-4-5-16-12(15)7-9/h2-7H,1H3,(H2,15,16)(H,17,18). The molecule has 0 aliphatic heterocycles. The van der Waals surface area contributed by atoms with E-state index < -0.39 is 0 Å². The number of aryl methyl sites for hydroxylation is 1. The van der Waals surface area contributed by atoms with Crippen molar-refractivity contribution in [2.24, 2.45) is 0 Å². The minimum Gasteiger partial charge on any atom is -0.384 e. The van der Waals surface area contributed by atoms with Crippen molar-refractivity contribution in [1.82, 2.24) is 4.98 Å². The van der Waals surface area contributed by atoms with E-state index in [4.69, 9.17) is 5.73 Å². The van der Waals surface area contributed by atoms with Gasteiger partial charge in [-0.2, -0.15) is 0 Å². The average molecular weight is 306 g/mol. The van der Waals surface area contributed by atoms with E-state index in [1.165, 1.54) is 6.20 Å². The van der Waals surface area contributed by atoms with Gasteiger partial charge < -0.3 is 11.1 Å². The number of nitrogens with one attached hydrogen (secondary N) is 1. The zero-order valence-corrected chi connectivity index (χ0v) is 11.4. The SMILES string of the molecule is Cc1cc(NC(=O)c2ccnc(N)c2)ccc1Br. The van der Waals surface area contributed by atoms with E-state index in [-0.39, 0.29) is 5.91 Å². The second-order valence-electron chi connectivity index (χ2n) is 3.89. The zero-order chi connectivity index (χ0) is 13.1. The first-order valence-electron chi connectivity index (χ1n) is 5.35. The molecule has 1 heterocycles. The van der Waals surface area contributed by atoms with Crippen molar-refractivity contribution in [3.8, 4) is 0 Å². The Hall–Kier alpha value is -1.88. The van der Waals surface area contributed by atoms with E-state index >= 15 is 0 Å². The summed E-state index contributed by atoms with van der Waals surface area (Å²) >= 11 is 3.41. The van der Waals surface area contributed by atoms with E-state index in [1.807, 2.05) is 25.1 Å². The maximum Gasteiger partial charge on any atom is 0.255 e. The highest BCUT2D eigenvalue weighted by Crippen LogP contribution is 2.20. The minimum atomic E-state index is -0.203. The first-order valence-corrected chi connectivity index (χ1v) is 6.14. The van der Waals surface area contributed by atoms with Gasteiger partial charge in [0.15, 0.2) is 0 Å². The number of aromatic nitrogens is 1. The Bertz CT molecular complexity index is 599. The number of hydrogen-bond donors (Lipinski definition) is 2. The maximum atomic E-state index is 12.0. The number of amides is 1. The molecule has 0 unspecified atom stereocenters. The Morgan fingerprint density at radius 2 is 2.11 bits per heavy atom. The van der Waals surface area contributed by atoms with Crippen molar-refractivity contribution in [3.63, 3.8) is 0 Å². The molecular formula is C13H12BrN3O. The van der Waals surface area contributed by atoms with Crippen LogP contribution in [0.15, 0.2) is 41.0 Å². The number of rotatable bonds is 2. The van der Waals surface area contributed by atoms with E-state index in [2.05, 4.69) is 26.2 Å². The summed E-state index contributed by atoms with van der Waals surface area (Å²) in [4.78, 5) is 15.8. The van der Waals surface area contributed by atoms with Gasteiger partial charge in [-0.05, 0) is 42.8 Å². The smallest absolute Gasteiger partial charge is 0.255 e. The third-order valence-corrected chi connectivity index (χ3v) is 3.35. The van der Waals surface area contributed by atoms with Gasteiger partial charge in [0.05, 0.1) is 0 Å². The van der Waals surface area contributed by atoms with Crippen molar-refractivity contribution in [3.05, 3.63) is 52.1 Å². The molecule has 0 saturated carbocycles. The first-order chi connectivity index (χ1) is 8.56. The molecule has 0 aliphatic rings. The average Bonchev–Trinajstić information content (AvgIpc) is 2.34. The van der Waals surface area contributed by atoms with Gasteiger partial charge in [0.25, 0.3) is 5.91 Å². The predicted molar refractivity (Wildman–Crippen MR) is 75.5 cm³/mol. The van der Waals surface area contributed by atoms with Crippen LogP contribution in [0.2, 0.25) is 0 Å². The lowest BCUT2D eigenvalue weighted by Gasteiger charge is -2.07. The molecule has 4 nitrogen and oxygen atoms in total. The van der Waals surface area contributed by atoms with E-state index in [1.54, 1.807) is 12.1 Å². The predicted octanol–water partition coefficient (Wildman–Crippen LogP) is 2.99. The van der Waals surface area contributed by atoms with Crippen LogP contribution in [0.5, 0.6) is 0 Å². The Kier molecular flexibility index (Phi) is 3.62. The highest BCUT2D eigenvalue weighted by molar-refractivity contribution is 9.10. The third-order valence-electron chi connectivity index (χ3n) is 2.46. The summed E-state index contributed by atoms with van der Waals surface area (Å²) < 4.78 is 1.01. The van der Waals surface area contributed by atoms with Gasteiger partial charge in [0.2, 0.25) is 0 Å². The van der Waals surface area contributed by atoms with Gasteiger partial charge in [-0.1, -0.05) is 15.9 Å². The molecular weight excluding hydrogens is 294 g/mol. The summed E-state index contributed by atoms with van der Waals surface area (Å²) in [6.07, 6.45) is 1.51. The number of nitrogens with two attached hydrogens (primary N) is 1. The van der Waals surface area contributed by atoms with Gasteiger partial charge in [0, 0.05) is 21.9 Å². The fourth-order valence-corrected chi connectivity index (χ4v) is 1.76. The molecule has 1 aromatic heterocycles. The molecule has 92 valence electrons. The minimum absolute atomic E-state index is 0.203. The molecule has 2 aromatic rings. The molecule has 0 aliphatic carbocycles. The topological polar surface area (TPSA) is 68.0 Å². The highest BCUT2D eigenvalue weighted by atomic mass is 79.9. The molecule has 0 atom stereocenters. The molecule has 1 amide bonds. The van der Waals surface area contributed by atoms with Crippen LogP contribution in [-0.4, -0.2) is 10.9 Å². The summed E-state index contributed by atoms with van der Waals surface area (Å²) in [7, 11) is 0. The summed E-state index contributed by atoms with van der Waals surface area (Å²) in [6.45, 7) is 1.96. The summed E-state index contributed by atoms with van der Waals surface area (Å²) in [5, 5.41) is 2.81. The van der Waals surface area contributed by atoms with Crippen LogP contribution < -0.4 is 11.1 Å². The Morgan fingerprint density at radius 1 is 1.33 bits per heavy atom. The molecule has 0 bridgehead atoms. The van der Waals surface area contributed by atoms with Crippen LogP contribution in [0.1, 0.15) is 15.9 Å². The fraction of sp³-hybridized carbons (Fsp3) is 0.0769. The van der Waals surface area contributed by atoms with Gasteiger partial charge in [-0.25, -0.2) is 4.98 Å². The lowest BCUT2D eigenvalue weighted by atomic mass is 10.2. The lowest BCUT2D eigenvalue weighted by molar-refractivity contribution is 0.102. The number of halogens is 1. The molecule has 5 heteroatoms. The number of pyridine rings is 1. The van der Waals surface area contributed by atoms with Gasteiger partial charge in [-0.3, -0.25) is 4.79 Å². The molecule has 0 radical (unpaired) electrons. The van der Waals surface area contributed by atoms with Crippen molar-refractivity contribution < 1.29 is 4.79 Å². The van der Waals surface area contributed by atoms with Gasteiger partial charge in [-0.15, -0.1) is 0 Å². The quantitative estimate of drug-likeness (QED) is 0.896. The molecule has 1 aromatic carbocycles. The number of carbonyl (C=O) groups excluding carboxylic acids is 1. The van der Waals surface area contributed by atoms with Crippen LogP contribution >= 0.6 is 15.9 Å². The molecule has 0 fully saturated rings. The summed E-state index contributed by atoms with van der Waals surface area (Å²) in [5.74, 6) is 0.125. The van der Waals surface area contributed by atoms with E-state index in [0.29, 0.717) is 11.4 Å². The molecule has 2 rings (SSSR count). The Balaban J connectivity index is 2.18. The van der Waals surface area contributed by atoms with Crippen LogP contribution in [0.25, 0.3) is 0 Å². The number of nitrogen functional groups attached to an aromatic ring is 1. The van der Waals surface area contributed by atoms with Crippen LogP contribution in [0, 0.1) is 6.92 Å². The molecule has 0 saturated heterocycles. The lowest BCUT2D eigenvalue weighted by Crippen LogP contribution is -2.12. The molecule has 18 heavy (non-hydrogen) atoms. The van der Waals surface area contributed by atoms with Crippen molar-refractivity contribution in [1.29, 1.82) is 0 Å². The van der Waals surface area contributed by atoms with Crippen molar-refractivity contribution >= 4 is 33.3 Å². The fourth-order valence-electron chi connectivity index (χ4n) is 1.52. The number of benzene rings is 1. The van der Waals surface area contributed by atoms with Gasteiger partial charge in [0.1, 0.15) is 5.82 Å². The van der Waals surface area contributed by atoms with Gasteiger partial charge >= 0.3 is 0 Å². The Morgan fingerprint density at radius 3 is 2.78 bits per heavy atom. The summed E-state index contributed by atoms with van der Waals surface area (Å²) in [6, 6.07) is 8.79. The number of hydrogen-bond acceptors (Lipinski definition) is 3. The monoisotopic (exact) mass is 305 g/mol. The zero-order valence-electron chi connectivity index (χ0n) is 9.77. The third kappa shape index (κ3) is 2.87. The first kappa shape index (κ1) is 12.6. The normalized spacial score (nSPS) is 10.1. The number of nitrogens with zero attached hydrogens (tertiary/aromatic N) is 1. The maximum absolute atomic E-state index is 12.0. The van der Waals surface area contributed by atoms with E-state index in [9.17, 15) is 4.79 Å². The van der Waals surface area contributed by atoms with Crippen molar-refractivity contribution in [2.75, 3.05) is 11.1 Å². The van der Waals surface area contributed by atoms with E-state index in [0.717, 1.165) is 15.7 Å². The van der Waals surface area contributed by atoms with Crippen LogP contribution in [-0.2, 0) is 0 Å². The number of carbonyl (C=O) groups is 1. The molecule has 0 spiro atoms. The molecule has 3 N–H and O–H groups in total. The number of anilines is 2. The Labute approximate surface area is 113 Å². The van der Waals surface area contributed by atoms with Crippen LogP contribution in [0.3, 0.4) is 0 Å². The highest BCUT2D eigenvalue weighted by Gasteiger charge is 2.07. The van der Waals surface area contributed by atoms with Crippen LogP contribution in [0.4, 0.5) is 11.5 Å². The second kappa shape index (κ2) is 5.18.